The number of para-hydroxylation sites is 1. The van der Waals surface area contributed by atoms with Gasteiger partial charge in [-0.2, -0.15) is 0 Å². The predicted octanol–water partition coefficient (Wildman–Crippen LogP) is 3.97. The van der Waals surface area contributed by atoms with Crippen LogP contribution >= 0.6 is 0 Å². The van der Waals surface area contributed by atoms with Gasteiger partial charge in [-0.3, -0.25) is 0 Å². The lowest BCUT2D eigenvalue weighted by atomic mass is 9.75. The van der Waals surface area contributed by atoms with Crippen LogP contribution in [0.2, 0.25) is 0 Å². The smallest absolute Gasteiger partial charge is 0.122 e. The highest BCUT2D eigenvalue weighted by molar-refractivity contribution is 5.37. The SMILES string of the molecule is CCC(C)(C)C(CC1CCOc2ccccc21)NC. The molecule has 0 amide bonds. The molecule has 0 bridgehead atoms. The van der Waals surface area contributed by atoms with Gasteiger partial charge in [0.05, 0.1) is 6.61 Å². The highest BCUT2D eigenvalue weighted by atomic mass is 16.5. The summed E-state index contributed by atoms with van der Waals surface area (Å²) in [5.41, 5.74) is 1.73. The molecule has 1 aliphatic rings. The minimum Gasteiger partial charge on any atom is -0.493 e. The molecule has 0 fully saturated rings. The van der Waals surface area contributed by atoms with Crippen LogP contribution < -0.4 is 10.1 Å². The molecule has 2 unspecified atom stereocenters. The second-order valence-electron chi connectivity index (χ2n) is 6.29. The van der Waals surface area contributed by atoms with E-state index in [4.69, 9.17) is 4.74 Å². The van der Waals surface area contributed by atoms with Crippen molar-refractivity contribution in [1.29, 1.82) is 0 Å². The second-order valence-corrected chi connectivity index (χ2v) is 6.29. The summed E-state index contributed by atoms with van der Waals surface area (Å²) >= 11 is 0. The third-order valence-electron chi connectivity index (χ3n) is 4.81. The third-order valence-corrected chi connectivity index (χ3v) is 4.81. The summed E-state index contributed by atoms with van der Waals surface area (Å²) in [6.07, 6.45) is 3.52. The van der Waals surface area contributed by atoms with Crippen molar-refractivity contribution in [2.24, 2.45) is 5.41 Å². The van der Waals surface area contributed by atoms with Crippen LogP contribution in [0.1, 0.15) is 51.5 Å². The van der Waals surface area contributed by atoms with Gasteiger partial charge >= 0.3 is 0 Å². The van der Waals surface area contributed by atoms with Crippen molar-refractivity contribution >= 4 is 0 Å². The molecule has 0 aromatic heterocycles. The van der Waals surface area contributed by atoms with Gasteiger partial charge in [0.2, 0.25) is 0 Å². The highest BCUT2D eigenvalue weighted by Gasteiger charge is 2.31. The molecule has 0 saturated carbocycles. The van der Waals surface area contributed by atoms with E-state index in [9.17, 15) is 0 Å². The van der Waals surface area contributed by atoms with Crippen LogP contribution in [0.15, 0.2) is 24.3 Å². The van der Waals surface area contributed by atoms with E-state index in [1.54, 1.807) is 0 Å². The minimum absolute atomic E-state index is 0.335. The van der Waals surface area contributed by atoms with E-state index < -0.39 is 0 Å². The Kier molecular flexibility index (Phi) is 4.51. The Morgan fingerprint density at radius 2 is 2.11 bits per heavy atom. The molecule has 1 N–H and O–H groups in total. The molecule has 2 rings (SSSR count). The Morgan fingerprint density at radius 1 is 1.37 bits per heavy atom. The van der Waals surface area contributed by atoms with Gasteiger partial charge in [-0.15, -0.1) is 0 Å². The lowest BCUT2D eigenvalue weighted by Gasteiger charge is -2.37. The number of nitrogens with one attached hydrogen (secondary N) is 1. The normalized spacial score (nSPS) is 20.5. The minimum atomic E-state index is 0.335. The summed E-state index contributed by atoms with van der Waals surface area (Å²) in [5, 5.41) is 3.53. The zero-order valence-electron chi connectivity index (χ0n) is 12.7. The van der Waals surface area contributed by atoms with E-state index in [0.717, 1.165) is 18.8 Å². The summed E-state index contributed by atoms with van der Waals surface area (Å²) in [4.78, 5) is 0. The molecule has 1 aromatic carbocycles. The largest absolute Gasteiger partial charge is 0.493 e. The molecule has 1 aromatic rings. The molecule has 2 nitrogen and oxygen atoms in total. The van der Waals surface area contributed by atoms with E-state index in [-0.39, 0.29) is 0 Å². The van der Waals surface area contributed by atoms with Crippen molar-refractivity contribution in [3.05, 3.63) is 29.8 Å². The van der Waals surface area contributed by atoms with Crippen molar-refractivity contribution in [3.63, 3.8) is 0 Å². The fraction of sp³-hybridized carbons (Fsp3) is 0.647. The number of benzene rings is 1. The van der Waals surface area contributed by atoms with Gasteiger partial charge in [0, 0.05) is 6.04 Å². The van der Waals surface area contributed by atoms with Crippen molar-refractivity contribution in [2.75, 3.05) is 13.7 Å². The van der Waals surface area contributed by atoms with E-state index >= 15 is 0 Å². The Labute approximate surface area is 117 Å². The molecular weight excluding hydrogens is 234 g/mol. The monoisotopic (exact) mass is 261 g/mol. The molecule has 0 radical (unpaired) electrons. The standard InChI is InChI=1S/C17H27NO/c1-5-17(2,3)16(18-4)12-13-10-11-19-15-9-7-6-8-14(13)15/h6-9,13,16,18H,5,10-12H2,1-4H3. The number of rotatable bonds is 5. The number of hydrogen-bond acceptors (Lipinski definition) is 2. The van der Waals surface area contributed by atoms with Gasteiger partial charge in [0.15, 0.2) is 0 Å². The van der Waals surface area contributed by atoms with Crippen LogP contribution in [0.5, 0.6) is 5.75 Å². The lowest BCUT2D eigenvalue weighted by molar-refractivity contribution is 0.197. The quantitative estimate of drug-likeness (QED) is 0.866. The van der Waals surface area contributed by atoms with Gasteiger partial charge in [-0.1, -0.05) is 39.0 Å². The zero-order valence-corrected chi connectivity index (χ0v) is 12.7. The summed E-state index contributed by atoms with van der Waals surface area (Å²) in [7, 11) is 2.09. The Morgan fingerprint density at radius 3 is 2.79 bits per heavy atom. The molecule has 0 spiro atoms. The molecule has 0 aliphatic carbocycles. The number of ether oxygens (including phenoxy) is 1. The van der Waals surface area contributed by atoms with Crippen LogP contribution in [0.25, 0.3) is 0 Å². The first kappa shape index (κ1) is 14.4. The molecule has 1 heterocycles. The van der Waals surface area contributed by atoms with Crippen LogP contribution in [-0.4, -0.2) is 19.7 Å². The highest BCUT2D eigenvalue weighted by Crippen LogP contribution is 2.39. The number of fused-ring (bicyclic) bond motifs is 1. The molecule has 2 atom stereocenters. The molecule has 0 saturated heterocycles. The molecular formula is C17H27NO. The predicted molar refractivity (Wildman–Crippen MR) is 80.8 cm³/mol. The maximum Gasteiger partial charge on any atom is 0.122 e. The van der Waals surface area contributed by atoms with E-state index in [1.165, 1.54) is 18.4 Å². The fourth-order valence-corrected chi connectivity index (χ4v) is 3.02. The van der Waals surface area contributed by atoms with Gasteiger partial charge in [-0.25, -0.2) is 0 Å². The zero-order chi connectivity index (χ0) is 13.9. The summed E-state index contributed by atoms with van der Waals surface area (Å²) < 4.78 is 5.76. The maximum absolute atomic E-state index is 5.76. The average molecular weight is 261 g/mol. The molecule has 2 heteroatoms. The number of hydrogen-bond donors (Lipinski definition) is 1. The second kappa shape index (κ2) is 5.96. The van der Waals surface area contributed by atoms with Crippen molar-refractivity contribution in [1.82, 2.24) is 5.32 Å². The summed E-state index contributed by atoms with van der Waals surface area (Å²) in [5.74, 6) is 1.70. The first-order valence-corrected chi connectivity index (χ1v) is 7.47. The molecule has 1 aliphatic heterocycles. The first-order chi connectivity index (χ1) is 9.08. The van der Waals surface area contributed by atoms with Crippen molar-refractivity contribution < 1.29 is 4.74 Å². The summed E-state index contributed by atoms with van der Waals surface area (Å²) in [6, 6.07) is 9.06. The van der Waals surface area contributed by atoms with E-state index in [0.29, 0.717) is 17.4 Å². The van der Waals surface area contributed by atoms with Crippen molar-refractivity contribution in [3.8, 4) is 5.75 Å². The molecule has 19 heavy (non-hydrogen) atoms. The van der Waals surface area contributed by atoms with Crippen molar-refractivity contribution in [2.45, 2.75) is 52.0 Å². The Balaban J connectivity index is 2.15. The topological polar surface area (TPSA) is 21.3 Å². The third kappa shape index (κ3) is 3.11. The Hall–Kier alpha value is -1.02. The van der Waals surface area contributed by atoms with Crippen LogP contribution in [0.3, 0.4) is 0 Å². The van der Waals surface area contributed by atoms with Gasteiger partial charge in [0.1, 0.15) is 5.75 Å². The maximum atomic E-state index is 5.76. The summed E-state index contributed by atoms with van der Waals surface area (Å²) in [6.45, 7) is 7.85. The van der Waals surface area contributed by atoms with Crippen LogP contribution in [0, 0.1) is 5.41 Å². The lowest BCUT2D eigenvalue weighted by Crippen LogP contribution is -2.41. The fourth-order valence-electron chi connectivity index (χ4n) is 3.02. The van der Waals surface area contributed by atoms with Gasteiger partial charge in [-0.05, 0) is 49.3 Å². The van der Waals surface area contributed by atoms with Crippen LogP contribution in [-0.2, 0) is 0 Å². The van der Waals surface area contributed by atoms with Crippen LogP contribution in [0.4, 0.5) is 0 Å². The Bertz CT molecular complexity index is 413. The molecule has 106 valence electrons. The van der Waals surface area contributed by atoms with Gasteiger partial charge < -0.3 is 10.1 Å². The first-order valence-electron chi connectivity index (χ1n) is 7.47. The van der Waals surface area contributed by atoms with E-state index in [2.05, 4.69) is 57.4 Å². The van der Waals surface area contributed by atoms with E-state index in [1.807, 2.05) is 0 Å². The van der Waals surface area contributed by atoms with Gasteiger partial charge in [0.25, 0.3) is 0 Å². The average Bonchev–Trinajstić information content (AvgIpc) is 2.44.